The molecule has 0 unspecified atom stereocenters. The van der Waals surface area contributed by atoms with E-state index in [4.69, 9.17) is 4.74 Å². The van der Waals surface area contributed by atoms with Gasteiger partial charge in [-0.1, -0.05) is 13.8 Å². The quantitative estimate of drug-likeness (QED) is 0.564. The van der Waals surface area contributed by atoms with Crippen molar-refractivity contribution in [2.45, 2.75) is 40.0 Å². The van der Waals surface area contributed by atoms with Gasteiger partial charge >= 0.3 is 5.97 Å². The molecule has 0 atom stereocenters. The van der Waals surface area contributed by atoms with Crippen molar-refractivity contribution in [1.29, 1.82) is 0 Å². The maximum Gasteiger partial charge on any atom is 0.306 e. The second kappa shape index (κ2) is 9.33. The van der Waals surface area contributed by atoms with Gasteiger partial charge in [-0.25, -0.2) is 0 Å². The van der Waals surface area contributed by atoms with Gasteiger partial charge in [-0.05, 0) is 26.4 Å². The summed E-state index contributed by atoms with van der Waals surface area (Å²) >= 11 is 0. The second-order valence-corrected chi connectivity index (χ2v) is 3.71. The average molecular weight is 229 g/mol. The van der Waals surface area contributed by atoms with Gasteiger partial charge in [0.25, 0.3) is 0 Å². The largest absolute Gasteiger partial charge is 0.466 e. The van der Waals surface area contributed by atoms with Gasteiger partial charge in [0.05, 0.1) is 19.6 Å². The molecule has 0 radical (unpaired) electrons. The van der Waals surface area contributed by atoms with E-state index in [1.54, 1.807) is 6.92 Å². The molecule has 4 heteroatoms. The standard InChI is InChI=1S/C12H23NO3/c1-4-9-13(5-2)10-11(14)7-8-12(15)16-6-3/h4-10H2,1-3H3. The van der Waals surface area contributed by atoms with Crippen molar-refractivity contribution in [3.8, 4) is 0 Å². The van der Waals surface area contributed by atoms with Gasteiger partial charge in [-0.2, -0.15) is 0 Å². The molecule has 0 aromatic heterocycles. The number of nitrogens with zero attached hydrogens (tertiary/aromatic N) is 1. The molecular formula is C12H23NO3. The lowest BCUT2D eigenvalue weighted by Gasteiger charge is -2.18. The zero-order valence-corrected chi connectivity index (χ0v) is 10.6. The summed E-state index contributed by atoms with van der Waals surface area (Å²) < 4.78 is 4.77. The highest BCUT2D eigenvalue weighted by atomic mass is 16.5. The molecular weight excluding hydrogens is 206 g/mol. The monoisotopic (exact) mass is 229 g/mol. The third kappa shape index (κ3) is 7.40. The van der Waals surface area contributed by atoms with E-state index < -0.39 is 0 Å². The SMILES string of the molecule is CCCN(CC)CC(=O)CCC(=O)OCC. The zero-order valence-electron chi connectivity index (χ0n) is 10.6. The summed E-state index contributed by atoms with van der Waals surface area (Å²) in [6.07, 6.45) is 1.54. The fourth-order valence-electron chi connectivity index (χ4n) is 1.47. The first-order valence-corrected chi connectivity index (χ1v) is 6.03. The van der Waals surface area contributed by atoms with Crippen LogP contribution in [0.5, 0.6) is 0 Å². The van der Waals surface area contributed by atoms with Crippen LogP contribution in [0.1, 0.15) is 40.0 Å². The predicted octanol–water partition coefficient (Wildman–Crippen LogP) is 1.63. The maximum absolute atomic E-state index is 11.5. The number of hydrogen-bond donors (Lipinski definition) is 0. The molecule has 0 aliphatic carbocycles. The minimum Gasteiger partial charge on any atom is -0.466 e. The zero-order chi connectivity index (χ0) is 12.4. The number of carbonyl (C=O) groups excluding carboxylic acids is 2. The Morgan fingerprint density at radius 2 is 1.81 bits per heavy atom. The van der Waals surface area contributed by atoms with Crippen LogP contribution in [0.25, 0.3) is 0 Å². The van der Waals surface area contributed by atoms with Crippen molar-refractivity contribution in [2.75, 3.05) is 26.2 Å². The van der Waals surface area contributed by atoms with Gasteiger partial charge in [-0.3, -0.25) is 14.5 Å². The van der Waals surface area contributed by atoms with Crippen LogP contribution >= 0.6 is 0 Å². The van der Waals surface area contributed by atoms with Gasteiger partial charge in [0.15, 0.2) is 0 Å². The Bertz CT molecular complexity index is 216. The first-order chi connectivity index (χ1) is 7.63. The predicted molar refractivity (Wildman–Crippen MR) is 63.3 cm³/mol. The summed E-state index contributed by atoms with van der Waals surface area (Å²) in [6, 6.07) is 0. The normalized spacial score (nSPS) is 10.5. The average Bonchev–Trinajstić information content (AvgIpc) is 2.26. The molecule has 0 rings (SSSR count). The Labute approximate surface area is 98.0 Å². The Morgan fingerprint density at radius 1 is 1.12 bits per heavy atom. The number of likely N-dealkylation sites (N-methyl/N-ethyl adjacent to an activating group) is 1. The van der Waals surface area contributed by atoms with Crippen LogP contribution < -0.4 is 0 Å². The highest BCUT2D eigenvalue weighted by Crippen LogP contribution is 1.98. The molecule has 0 aromatic rings. The Morgan fingerprint density at radius 3 is 2.31 bits per heavy atom. The molecule has 0 saturated carbocycles. The molecule has 0 N–H and O–H groups in total. The fourth-order valence-corrected chi connectivity index (χ4v) is 1.47. The third-order valence-electron chi connectivity index (χ3n) is 2.30. The van der Waals surface area contributed by atoms with Crippen molar-refractivity contribution >= 4 is 11.8 Å². The molecule has 4 nitrogen and oxygen atoms in total. The Hall–Kier alpha value is -0.900. The van der Waals surface area contributed by atoms with Crippen molar-refractivity contribution < 1.29 is 14.3 Å². The molecule has 0 aromatic carbocycles. The number of Topliss-reactive ketones (excluding diaryl/α,β-unsaturated/α-hetero) is 1. The highest BCUT2D eigenvalue weighted by molar-refractivity contribution is 5.84. The lowest BCUT2D eigenvalue weighted by molar-refractivity contribution is -0.144. The van der Waals surface area contributed by atoms with E-state index in [1.807, 2.05) is 6.92 Å². The van der Waals surface area contributed by atoms with Crippen LogP contribution in [0.2, 0.25) is 0 Å². The lowest BCUT2D eigenvalue weighted by Crippen LogP contribution is -2.30. The number of carbonyl (C=O) groups is 2. The smallest absolute Gasteiger partial charge is 0.306 e. The lowest BCUT2D eigenvalue weighted by atomic mass is 10.2. The molecule has 0 aliphatic rings. The van der Waals surface area contributed by atoms with E-state index in [9.17, 15) is 9.59 Å². The molecule has 0 amide bonds. The summed E-state index contributed by atoms with van der Waals surface area (Å²) in [5.74, 6) is -0.169. The maximum atomic E-state index is 11.5. The van der Waals surface area contributed by atoms with Crippen LogP contribution in [0.4, 0.5) is 0 Å². The second-order valence-electron chi connectivity index (χ2n) is 3.71. The number of ketones is 1. The van der Waals surface area contributed by atoms with Crippen molar-refractivity contribution in [2.24, 2.45) is 0 Å². The molecule has 0 spiro atoms. The van der Waals surface area contributed by atoms with Crippen molar-refractivity contribution in [3.63, 3.8) is 0 Å². The highest BCUT2D eigenvalue weighted by Gasteiger charge is 2.10. The molecule has 0 bridgehead atoms. The Kier molecular flexibility index (Phi) is 8.81. The van der Waals surface area contributed by atoms with E-state index in [1.165, 1.54) is 0 Å². The van der Waals surface area contributed by atoms with Crippen LogP contribution in [0.15, 0.2) is 0 Å². The van der Waals surface area contributed by atoms with E-state index in [2.05, 4.69) is 11.8 Å². The third-order valence-corrected chi connectivity index (χ3v) is 2.30. The molecule has 0 heterocycles. The van der Waals surface area contributed by atoms with Gasteiger partial charge in [0.1, 0.15) is 5.78 Å². The van der Waals surface area contributed by atoms with Gasteiger partial charge in [0, 0.05) is 6.42 Å². The summed E-state index contributed by atoms with van der Waals surface area (Å²) in [4.78, 5) is 24.7. The number of ether oxygens (including phenoxy) is 1. The van der Waals surface area contributed by atoms with Gasteiger partial charge in [0.2, 0.25) is 0 Å². The topological polar surface area (TPSA) is 46.6 Å². The molecule has 0 saturated heterocycles. The first kappa shape index (κ1) is 15.1. The van der Waals surface area contributed by atoms with E-state index >= 15 is 0 Å². The summed E-state index contributed by atoms with van der Waals surface area (Å²) in [5.41, 5.74) is 0. The minimum absolute atomic E-state index is 0.114. The van der Waals surface area contributed by atoms with Crippen LogP contribution in [-0.2, 0) is 14.3 Å². The van der Waals surface area contributed by atoms with Crippen molar-refractivity contribution in [3.05, 3.63) is 0 Å². The molecule has 0 fully saturated rings. The van der Waals surface area contributed by atoms with Crippen LogP contribution in [0, 0.1) is 0 Å². The molecule has 94 valence electrons. The summed E-state index contributed by atoms with van der Waals surface area (Å²) in [7, 11) is 0. The van der Waals surface area contributed by atoms with E-state index in [-0.39, 0.29) is 18.2 Å². The van der Waals surface area contributed by atoms with Crippen molar-refractivity contribution in [1.82, 2.24) is 4.90 Å². The molecule has 0 aliphatic heterocycles. The first-order valence-electron chi connectivity index (χ1n) is 6.03. The van der Waals surface area contributed by atoms with Gasteiger partial charge in [-0.15, -0.1) is 0 Å². The molecule has 16 heavy (non-hydrogen) atoms. The minimum atomic E-state index is -0.283. The fraction of sp³-hybridized carbons (Fsp3) is 0.833. The van der Waals surface area contributed by atoms with Crippen LogP contribution in [0.3, 0.4) is 0 Å². The van der Waals surface area contributed by atoms with E-state index in [0.29, 0.717) is 19.6 Å². The summed E-state index contributed by atoms with van der Waals surface area (Å²) in [5, 5.41) is 0. The van der Waals surface area contributed by atoms with Gasteiger partial charge < -0.3 is 4.74 Å². The summed E-state index contributed by atoms with van der Waals surface area (Å²) in [6.45, 7) is 8.52. The number of hydrogen-bond acceptors (Lipinski definition) is 4. The Balaban J connectivity index is 3.75. The van der Waals surface area contributed by atoms with E-state index in [0.717, 1.165) is 19.5 Å². The van der Waals surface area contributed by atoms with Crippen LogP contribution in [-0.4, -0.2) is 42.9 Å². The number of esters is 1. The number of rotatable bonds is 9.